The van der Waals surface area contributed by atoms with Crippen LogP contribution in [-0.4, -0.2) is 24.4 Å². The Morgan fingerprint density at radius 3 is 2.11 bits per heavy atom. The van der Waals surface area contributed by atoms with Crippen LogP contribution in [0.2, 0.25) is 5.02 Å². The van der Waals surface area contributed by atoms with Gasteiger partial charge in [0.15, 0.2) is 5.82 Å². The van der Waals surface area contributed by atoms with Crippen molar-refractivity contribution in [2.45, 2.75) is 40.8 Å². The molecule has 0 saturated heterocycles. The van der Waals surface area contributed by atoms with Crippen molar-refractivity contribution in [3.05, 3.63) is 89.0 Å². The highest BCUT2D eigenvalue weighted by Crippen LogP contribution is 2.30. The van der Waals surface area contributed by atoms with Gasteiger partial charge in [-0.05, 0) is 66.9 Å². The number of anilines is 2. The molecule has 0 bridgehead atoms. The number of aryl methyl sites for hydroxylation is 1. The Kier molecular flexibility index (Phi) is 11.2. The van der Waals surface area contributed by atoms with Crippen molar-refractivity contribution in [2.24, 2.45) is 0 Å². The van der Waals surface area contributed by atoms with Gasteiger partial charge in [0.2, 0.25) is 0 Å². The van der Waals surface area contributed by atoms with E-state index in [1.54, 1.807) is 20.3 Å². The van der Waals surface area contributed by atoms with Crippen molar-refractivity contribution in [1.29, 1.82) is 0 Å². The second-order valence-electron chi connectivity index (χ2n) is 7.88. The summed E-state index contributed by atoms with van der Waals surface area (Å²) in [6, 6.07) is 18.2. The molecule has 0 unspecified atom stereocenters. The monoisotopic (exact) mass is 508 g/mol. The van der Waals surface area contributed by atoms with Crippen LogP contribution in [0.15, 0.2) is 67.3 Å². The number of hydrogen-bond acceptors (Lipinski definition) is 5. The molecule has 3 aromatic carbocycles. The summed E-state index contributed by atoms with van der Waals surface area (Å²) in [6.45, 7) is 12.7. The predicted molar refractivity (Wildman–Crippen MR) is 153 cm³/mol. The van der Waals surface area contributed by atoms with Crippen molar-refractivity contribution in [1.82, 2.24) is 10.2 Å². The van der Waals surface area contributed by atoms with Crippen LogP contribution in [0.25, 0.3) is 10.9 Å². The quantitative estimate of drug-likeness (QED) is 0.252. The summed E-state index contributed by atoms with van der Waals surface area (Å²) >= 11 is 6.37. The lowest BCUT2D eigenvalue weighted by Crippen LogP contribution is -2.22. The van der Waals surface area contributed by atoms with E-state index >= 15 is 0 Å². The normalized spacial score (nSPS) is 9.97. The summed E-state index contributed by atoms with van der Waals surface area (Å²) in [6.07, 6.45) is 1.75. The fraction of sp³-hybridized carbons (Fsp3) is 0.276. The van der Waals surface area contributed by atoms with E-state index in [-0.39, 0.29) is 0 Å². The fourth-order valence-electron chi connectivity index (χ4n) is 3.75. The summed E-state index contributed by atoms with van der Waals surface area (Å²) in [4.78, 5) is 2.28. The lowest BCUT2D eigenvalue weighted by Gasteiger charge is -2.26. The number of nitrogens with one attached hydrogen (secondary N) is 1. The highest BCUT2D eigenvalue weighted by Gasteiger charge is 2.13. The molecular formula is C29H37ClN4O2. The van der Waals surface area contributed by atoms with Gasteiger partial charge < -0.3 is 20.1 Å². The number of benzene rings is 3. The molecule has 7 heteroatoms. The molecule has 0 saturated carbocycles. The van der Waals surface area contributed by atoms with Crippen LogP contribution in [0.5, 0.6) is 11.5 Å². The minimum Gasteiger partial charge on any atom is -0.496 e. The van der Waals surface area contributed by atoms with Crippen LogP contribution in [0.3, 0.4) is 0 Å². The third-order valence-electron chi connectivity index (χ3n) is 5.36. The maximum atomic E-state index is 6.37. The minimum atomic E-state index is 0.490. The standard InChI is InChI=1S/C24H25ClN4O2.C3H6.C2H6/c1-15-10-16(4-8-22(15)30-2)13-29(14-17-5-9-23(31-3)20(25)11-17)18-6-7-21-19(12-18)24(26)28-27-21;1-3-2;1-2/h4-12H,13-14H2,1-3H3,(H3,26,27,28);3H,1H2,2H3;1-2H3. The van der Waals surface area contributed by atoms with Crippen molar-refractivity contribution < 1.29 is 9.47 Å². The number of aromatic nitrogens is 2. The molecule has 0 fully saturated rings. The lowest BCUT2D eigenvalue weighted by molar-refractivity contribution is 0.411. The molecule has 4 rings (SSSR count). The van der Waals surface area contributed by atoms with Crippen molar-refractivity contribution in [2.75, 3.05) is 24.9 Å². The van der Waals surface area contributed by atoms with Gasteiger partial charge >= 0.3 is 0 Å². The zero-order chi connectivity index (χ0) is 26.7. The number of nitrogens with zero attached hydrogens (tertiary/aromatic N) is 2. The topological polar surface area (TPSA) is 76.4 Å². The molecule has 3 N–H and O–H groups in total. The van der Waals surface area contributed by atoms with Crippen molar-refractivity contribution in [3.8, 4) is 11.5 Å². The van der Waals surface area contributed by atoms with Gasteiger partial charge in [0.1, 0.15) is 11.5 Å². The van der Waals surface area contributed by atoms with Crippen LogP contribution >= 0.6 is 11.6 Å². The maximum absolute atomic E-state index is 6.37. The molecule has 0 atom stereocenters. The summed E-state index contributed by atoms with van der Waals surface area (Å²) < 4.78 is 10.7. The number of ether oxygens (including phenoxy) is 2. The molecule has 0 spiro atoms. The Balaban J connectivity index is 0.000000850. The number of nitrogen functional groups attached to an aromatic ring is 1. The highest BCUT2D eigenvalue weighted by molar-refractivity contribution is 6.32. The Labute approximate surface area is 219 Å². The van der Waals surface area contributed by atoms with E-state index in [1.165, 1.54) is 5.56 Å². The average Bonchev–Trinajstić information content (AvgIpc) is 3.25. The van der Waals surface area contributed by atoms with E-state index in [0.717, 1.165) is 33.5 Å². The maximum Gasteiger partial charge on any atom is 0.153 e. The second-order valence-corrected chi connectivity index (χ2v) is 8.28. The van der Waals surface area contributed by atoms with E-state index in [4.69, 9.17) is 26.8 Å². The van der Waals surface area contributed by atoms with Gasteiger partial charge in [-0.25, -0.2) is 0 Å². The number of H-pyrrole nitrogens is 1. The second kappa shape index (κ2) is 14.0. The Morgan fingerprint density at radius 1 is 0.972 bits per heavy atom. The predicted octanol–water partition coefficient (Wildman–Crippen LogP) is 7.55. The molecular weight excluding hydrogens is 472 g/mol. The third-order valence-corrected chi connectivity index (χ3v) is 5.66. The minimum absolute atomic E-state index is 0.490. The number of allylic oxidation sites excluding steroid dienone is 1. The van der Waals surface area contributed by atoms with Crippen molar-refractivity contribution in [3.63, 3.8) is 0 Å². The van der Waals surface area contributed by atoms with Crippen LogP contribution in [-0.2, 0) is 13.1 Å². The number of hydrogen-bond donors (Lipinski definition) is 2. The number of rotatable bonds is 7. The van der Waals surface area contributed by atoms with Gasteiger partial charge in [0.25, 0.3) is 0 Å². The van der Waals surface area contributed by atoms with Gasteiger partial charge in [0.05, 0.1) is 24.8 Å². The smallest absolute Gasteiger partial charge is 0.153 e. The van der Waals surface area contributed by atoms with Gasteiger partial charge in [-0.3, -0.25) is 5.10 Å². The molecule has 1 aromatic heterocycles. The van der Waals surface area contributed by atoms with Gasteiger partial charge in [-0.1, -0.05) is 49.7 Å². The first-order valence-corrected chi connectivity index (χ1v) is 12.3. The van der Waals surface area contributed by atoms with E-state index in [9.17, 15) is 0 Å². The molecule has 0 aliphatic heterocycles. The molecule has 4 aromatic rings. The Bertz CT molecular complexity index is 1210. The Hall–Kier alpha value is -3.64. The Morgan fingerprint density at radius 2 is 1.56 bits per heavy atom. The van der Waals surface area contributed by atoms with Crippen LogP contribution in [0.4, 0.5) is 11.5 Å². The van der Waals surface area contributed by atoms with Crippen LogP contribution < -0.4 is 20.1 Å². The number of aromatic amines is 1. The van der Waals surface area contributed by atoms with Crippen LogP contribution in [0, 0.1) is 6.92 Å². The molecule has 0 aliphatic rings. The lowest BCUT2D eigenvalue weighted by atomic mass is 10.1. The van der Waals surface area contributed by atoms with Gasteiger partial charge in [-0.2, -0.15) is 5.10 Å². The first kappa shape index (κ1) is 28.6. The van der Waals surface area contributed by atoms with E-state index in [2.05, 4.69) is 45.9 Å². The summed E-state index contributed by atoms with van der Waals surface area (Å²) in [5.41, 5.74) is 11.4. The molecule has 0 aliphatic carbocycles. The summed E-state index contributed by atoms with van der Waals surface area (Å²) in [5, 5.41) is 8.57. The number of fused-ring (bicyclic) bond motifs is 1. The van der Waals surface area contributed by atoms with Gasteiger partial charge in [0, 0.05) is 24.2 Å². The van der Waals surface area contributed by atoms with E-state index in [1.807, 2.05) is 58.0 Å². The molecule has 192 valence electrons. The summed E-state index contributed by atoms with van der Waals surface area (Å²) in [5.74, 6) is 2.03. The molecule has 36 heavy (non-hydrogen) atoms. The van der Waals surface area contributed by atoms with Gasteiger partial charge in [-0.15, -0.1) is 6.58 Å². The molecule has 0 amide bonds. The van der Waals surface area contributed by atoms with Crippen LogP contribution in [0.1, 0.15) is 37.5 Å². The zero-order valence-corrected chi connectivity index (χ0v) is 22.8. The summed E-state index contributed by atoms with van der Waals surface area (Å²) in [7, 11) is 3.30. The molecule has 6 nitrogen and oxygen atoms in total. The average molecular weight is 509 g/mol. The number of nitrogens with two attached hydrogens (primary N) is 1. The van der Waals surface area contributed by atoms with E-state index in [0.29, 0.717) is 29.7 Å². The first-order chi connectivity index (χ1) is 17.4. The molecule has 1 heterocycles. The fourth-order valence-corrected chi connectivity index (χ4v) is 4.03. The van der Waals surface area contributed by atoms with E-state index < -0.39 is 0 Å². The number of halogens is 1. The van der Waals surface area contributed by atoms with Crippen molar-refractivity contribution >= 4 is 34.0 Å². The number of methoxy groups -OCH3 is 2. The zero-order valence-electron chi connectivity index (χ0n) is 22.1. The SMILES string of the molecule is C=CC.CC.COc1ccc(CN(Cc2ccc(OC)c(Cl)c2)c2ccc3[nH]nc(N)c3c2)cc1C. The molecule has 0 radical (unpaired) electrons. The first-order valence-electron chi connectivity index (χ1n) is 11.9. The largest absolute Gasteiger partial charge is 0.496 e. The highest BCUT2D eigenvalue weighted by atomic mass is 35.5. The third kappa shape index (κ3) is 7.18.